The van der Waals surface area contributed by atoms with Gasteiger partial charge >= 0.3 is 0 Å². The average Bonchev–Trinajstić information content (AvgIpc) is 3.31. The smallest absolute Gasteiger partial charge is 0.261 e. The predicted molar refractivity (Wildman–Crippen MR) is 127 cm³/mol. The van der Waals surface area contributed by atoms with Crippen LogP contribution in [0.25, 0.3) is 0 Å². The van der Waals surface area contributed by atoms with E-state index in [0.29, 0.717) is 12.2 Å². The van der Waals surface area contributed by atoms with Gasteiger partial charge in [0.2, 0.25) is 5.91 Å². The van der Waals surface area contributed by atoms with Crippen LogP contribution in [0.4, 0.5) is 4.39 Å². The zero-order valence-electron chi connectivity index (χ0n) is 19.9. The lowest BCUT2D eigenvalue weighted by atomic mass is 10.0. The number of nitrogens with zero attached hydrogens (tertiary/aromatic N) is 1. The summed E-state index contributed by atoms with van der Waals surface area (Å²) < 4.78 is 19.3. The van der Waals surface area contributed by atoms with Crippen LogP contribution in [0.15, 0.2) is 48.5 Å². The molecule has 1 atom stereocenters. The van der Waals surface area contributed by atoms with Gasteiger partial charge in [0.25, 0.3) is 5.91 Å². The van der Waals surface area contributed by atoms with Gasteiger partial charge in [-0.2, -0.15) is 0 Å². The Morgan fingerprint density at radius 3 is 2.39 bits per heavy atom. The number of para-hydroxylation sites is 1. The molecule has 2 amide bonds. The summed E-state index contributed by atoms with van der Waals surface area (Å²) >= 11 is 0. The second kappa shape index (κ2) is 11.8. The molecule has 1 aliphatic carbocycles. The number of rotatable bonds is 10. The van der Waals surface area contributed by atoms with Crippen molar-refractivity contribution in [1.29, 1.82) is 0 Å². The fraction of sp³-hybridized carbons (Fsp3) is 0.481. The zero-order valence-corrected chi connectivity index (χ0v) is 19.9. The number of halogens is 1. The summed E-state index contributed by atoms with van der Waals surface area (Å²) in [6, 6.07) is 13.3. The first-order valence-electron chi connectivity index (χ1n) is 11.9. The normalized spacial score (nSPS) is 14.8. The first kappa shape index (κ1) is 24.7. The van der Waals surface area contributed by atoms with Gasteiger partial charge in [0, 0.05) is 12.6 Å². The maximum absolute atomic E-state index is 13.4. The van der Waals surface area contributed by atoms with Gasteiger partial charge in [-0.25, -0.2) is 4.39 Å². The molecule has 0 aromatic heterocycles. The molecule has 3 rings (SSSR count). The van der Waals surface area contributed by atoms with Gasteiger partial charge in [-0.15, -0.1) is 0 Å². The van der Waals surface area contributed by atoms with Crippen molar-refractivity contribution in [2.45, 2.75) is 77.4 Å². The first-order valence-corrected chi connectivity index (χ1v) is 11.9. The van der Waals surface area contributed by atoms with E-state index >= 15 is 0 Å². The molecule has 6 heteroatoms. The van der Waals surface area contributed by atoms with E-state index in [1.807, 2.05) is 31.2 Å². The molecular formula is C27H35FN2O3. The Balaban J connectivity index is 1.78. The van der Waals surface area contributed by atoms with Gasteiger partial charge in [0.05, 0.1) is 0 Å². The predicted octanol–water partition coefficient (Wildman–Crippen LogP) is 5.19. The average molecular weight is 455 g/mol. The van der Waals surface area contributed by atoms with E-state index in [-0.39, 0.29) is 42.7 Å². The van der Waals surface area contributed by atoms with Crippen molar-refractivity contribution in [1.82, 2.24) is 10.2 Å². The molecule has 0 bridgehead atoms. The number of carbonyl (C=O) groups excluding carboxylic acids is 2. The van der Waals surface area contributed by atoms with Crippen LogP contribution in [0.1, 0.15) is 69.9 Å². The minimum atomic E-state index is -0.618. The lowest BCUT2D eigenvalue weighted by Gasteiger charge is -2.31. The van der Waals surface area contributed by atoms with Crippen molar-refractivity contribution >= 4 is 11.8 Å². The molecule has 2 aromatic rings. The number of hydrogen-bond acceptors (Lipinski definition) is 3. The van der Waals surface area contributed by atoms with Crippen molar-refractivity contribution in [3.05, 3.63) is 65.5 Å². The molecule has 0 aliphatic heterocycles. The van der Waals surface area contributed by atoms with Crippen molar-refractivity contribution < 1.29 is 18.7 Å². The van der Waals surface area contributed by atoms with E-state index in [9.17, 15) is 14.0 Å². The molecule has 33 heavy (non-hydrogen) atoms. The van der Waals surface area contributed by atoms with Crippen molar-refractivity contribution in [3.8, 4) is 5.75 Å². The minimum Gasteiger partial charge on any atom is -0.483 e. The van der Waals surface area contributed by atoms with E-state index in [4.69, 9.17) is 4.74 Å². The minimum absolute atomic E-state index is 0.137. The highest BCUT2D eigenvalue weighted by atomic mass is 19.1. The summed E-state index contributed by atoms with van der Waals surface area (Å²) in [5, 5.41) is 3.12. The van der Waals surface area contributed by atoms with Crippen molar-refractivity contribution in [3.63, 3.8) is 0 Å². The zero-order chi connectivity index (χ0) is 23.8. The van der Waals surface area contributed by atoms with Crippen LogP contribution in [-0.4, -0.2) is 35.4 Å². The third-order valence-corrected chi connectivity index (χ3v) is 6.25. The van der Waals surface area contributed by atoms with Crippen molar-refractivity contribution in [2.24, 2.45) is 0 Å². The number of amides is 2. The summed E-state index contributed by atoms with van der Waals surface area (Å²) in [6.07, 6.45) is 4.66. The van der Waals surface area contributed by atoms with Gasteiger partial charge in [-0.3, -0.25) is 9.59 Å². The lowest BCUT2D eigenvalue weighted by Crippen LogP contribution is -2.52. The summed E-state index contributed by atoms with van der Waals surface area (Å²) in [4.78, 5) is 28.1. The lowest BCUT2D eigenvalue weighted by molar-refractivity contribution is -0.143. The molecule has 1 fully saturated rings. The Hall–Kier alpha value is -2.89. The summed E-state index contributed by atoms with van der Waals surface area (Å²) in [5.74, 6) is 0.184. The number of carbonyl (C=O) groups is 2. The van der Waals surface area contributed by atoms with Gasteiger partial charge in [0.15, 0.2) is 6.61 Å². The molecule has 0 saturated heterocycles. The fourth-order valence-electron chi connectivity index (χ4n) is 4.38. The summed E-state index contributed by atoms with van der Waals surface area (Å²) in [5.41, 5.74) is 1.79. The Bertz CT molecular complexity index is 923. The molecule has 0 spiro atoms. The molecule has 0 radical (unpaired) electrons. The van der Waals surface area contributed by atoms with Gasteiger partial charge in [0.1, 0.15) is 17.6 Å². The maximum Gasteiger partial charge on any atom is 0.261 e. The second-order valence-corrected chi connectivity index (χ2v) is 9.04. The number of benzene rings is 2. The molecule has 1 N–H and O–H groups in total. The molecule has 2 aromatic carbocycles. The Morgan fingerprint density at radius 1 is 1.09 bits per heavy atom. The van der Waals surface area contributed by atoms with Crippen LogP contribution in [-0.2, 0) is 16.1 Å². The SMILES string of the molecule is CC[C@H](C(=O)NC1CCCC1)N(Cc1ccc(F)cc1)C(=O)COc1ccccc1C(C)C. The third-order valence-electron chi connectivity index (χ3n) is 6.25. The van der Waals surface area contributed by atoms with E-state index in [1.54, 1.807) is 17.0 Å². The highest BCUT2D eigenvalue weighted by molar-refractivity contribution is 5.88. The third kappa shape index (κ3) is 6.80. The number of ether oxygens (including phenoxy) is 1. The standard InChI is InChI=1S/C27H35FN2O3/c1-4-24(27(32)29-22-9-5-6-10-22)30(17-20-13-15-21(28)16-14-20)26(31)18-33-25-12-8-7-11-23(25)19(2)3/h7-8,11-16,19,22,24H,4-6,9-10,17-18H2,1-3H3,(H,29,32)/t24-/m1/s1. The van der Waals surface area contributed by atoms with Crippen LogP contribution in [0.3, 0.4) is 0 Å². The molecular weight excluding hydrogens is 419 g/mol. The van der Waals surface area contributed by atoms with E-state index in [0.717, 1.165) is 36.8 Å². The highest BCUT2D eigenvalue weighted by Gasteiger charge is 2.31. The molecule has 1 saturated carbocycles. The molecule has 0 unspecified atom stereocenters. The Kier molecular flexibility index (Phi) is 8.87. The number of nitrogens with one attached hydrogen (secondary N) is 1. The number of hydrogen-bond donors (Lipinski definition) is 1. The molecule has 178 valence electrons. The van der Waals surface area contributed by atoms with E-state index in [2.05, 4.69) is 19.2 Å². The Labute approximate surface area is 196 Å². The van der Waals surface area contributed by atoms with Gasteiger partial charge in [-0.1, -0.05) is 63.9 Å². The largest absolute Gasteiger partial charge is 0.483 e. The van der Waals surface area contributed by atoms with E-state index in [1.165, 1.54) is 12.1 Å². The summed E-state index contributed by atoms with van der Waals surface area (Å²) in [7, 11) is 0. The van der Waals surface area contributed by atoms with Crippen LogP contribution in [0.5, 0.6) is 5.75 Å². The maximum atomic E-state index is 13.4. The fourth-order valence-corrected chi connectivity index (χ4v) is 4.38. The quantitative estimate of drug-likeness (QED) is 0.537. The monoisotopic (exact) mass is 454 g/mol. The highest BCUT2D eigenvalue weighted by Crippen LogP contribution is 2.26. The molecule has 5 nitrogen and oxygen atoms in total. The van der Waals surface area contributed by atoms with Crippen LogP contribution in [0.2, 0.25) is 0 Å². The topological polar surface area (TPSA) is 58.6 Å². The summed E-state index contributed by atoms with van der Waals surface area (Å²) in [6.45, 7) is 6.10. The second-order valence-electron chi connectivity index (χ2n) is 9.04. The van der Waals surface area contributed by atoms with Gasteiger partial charge < -0.3 is 15.0 Å². The van der Waals surface area contributed by atoms with Crippen LogP contribution >= 0.6 is 0 Å². The van der Waals surface area contributed by atoms with Crippen LogP contribution in [0, 0.1) is 5.82 Å². The van der Waals surface area contributed by atoms with Crippen LogP contribution < -0.4 is 10.1 Å². The van der Waals surface area contributed by atoms with Gasteiger partial charge in [-0.05, 0) is 54.5 Å². The molecule has 0 heterocycles. The first-order chi connectivity index (χ1) is 15.9. The van der Waals surface area contributed by atoms with E-state index < -0.39 is 6.04 Å². The van der Waals surface area contributed by atoms with Crippen molar-refractivity contribution in [2.75, 3.05) is 6.61 Å². The molecule has 1 aliphatic rings. The Morgan fingerprint density at radius 2 is 1.76 bits per heavy atom.